The molecule has 0 unspecified atom stereocenters. The predicted molar refractivity (Wildman–Crippen MR) is 144 cm³/mol. The molecule has 0 bridgehead atoms. The summed E-state index contributed by atoms with van der Waals surface area (Å²) in [5.41, 5.74) is 4.14. The van der Waals surface area contributed by atoms with Crippen molar-refractivity contribution in [2.45, 2.75) is 78.4 Å². The Kier molecular flexibility index (Phi) is 9.17. The Bertz CT molecular complexity index is 1190. The third kappa shape index (κ3) is 7.09. The monoisotopic (exact) mass is 513 g/mol. The van der Waals surface area contributed by atoms with E-state index in [9.17, 15) is 18.0 Å². The Morgan fingerprint density at radius 3 is 2.33 bits per heavy atom. The molecule has 0 heterocycles. The molecule has 1 aliphatic rings. The molecule has 0 saturated heterocycles. The highest BCUT2D eigenvalue weighted by Gasteiger charge is 2.31. The summed E-state index contributed by atoms with van der Waals surface area (Å²) < 4.78 is 26.7. The SMILES string of the molecule is Cc1cccc(CN(C(=O)CN(c2cccc(C)c2C)S(C)(=O)=O)[C@@H](C)C(=O)NC2CCCCC2)c1. The van der Waals surface area contributed by atoms with Gasteiger partial charge in [0.2, 0.25) is 21.8 Å². The molecule has 1 fully saturated rings. The first-order valence-corrected chi connectivity index (χ1v) is 14.5. The molecule has 0 aliphatic heterocycles. The zero-order valence-electron chi connectivity index (χ0n) is 22.1. The molecule has 1 aliphatic carbocycles. The van der Waals surface area contributed by atoms with Gasteiger partial charge < -0.3 is 10.2 Å². The van der Waals surface area contributed by atoms with Gasteiger partial charge >= 0.3 is 0 Å². The summed E-state index contributed by atoms with van der Waals surface area (Å²) >= 11 is 0. The minimum Gasteiger partial charge on any atom is -0.352 e. The Balaban J connectivity index is 1.90. The molecule has 36 heavy (non-hydrogen) atoms. The van der Waals surface area contributed by atoms with Gasteiger partial charge in [0.25, 0.3) is 0 Å². The van der Waals surface area contributed by atoms with Crippen molar-refractivity contribution in [2.75, 3.05) is 17.1 Å². The van der Waals surface area contributed by atoms with Gasteiger partial charge in [0.05, 0.1) is 11.9 Å². The quantitative estimate of drug-likeness (QED) is 0.543. The lowest BCUT2D eigenvalue weighted by Crippen LogP contribution is -2.53. The highest BCUT2D eigenvalue weighted by atomic mass is 32.2. The number of sulfonamides is 1. The average Bonchev–Trinajstić information content (AvgIpc) is 2.82. The molecule has 1 saturated carbocycles. The third-order valence-electron chi connectivity index (χ3n) is 7.08. The number of anilines is 1. The number of carbonyl (C=O) groups is 2. The average molecular weight is 514 g/mol. The molecule has 0 aromatic heterocycles. The van der Waals surface area contributed by atoms with Gasteiger partial charge in [0.15, 0.2) is 0 Å². The highest BCUT2D eigenvalue weighted by molar-refractivity contribution is 7.92. The lowest BCUT2D eigenvalue weighted by molar-refractivity contribution is -0.139. The first-order valence-electron chi connectivity index (χ1n) is 12.7. The number of hydrogen-bond donors (Lipinski definition) is 1. The maximum absolute atomic E-state index is 13.7. The van der Waals surface area contributed by atoms with Crippen molar-refractivity contribution in [2.24, 2.45) is 0 Å². The maximum Gasteiger partial charge on any atom is 0.244 e. The Morgan fingerprint density at radius 2 is 1.69 bits per heavy atom. The first kappa shape index (κ1) is 27.7. The van der Waals surface area contributed by atoms with Gasteiger partial charge in [-0.3, -0.25) is 13.9 Å². The van der Waals surface area contributed by atoms with Gasteiger partial charge in [0, 0.05) is 12.6 Å². The highest BCUT2D eigenvalue weighted by Crippen LogP contribution is 2.25. The number of rotatable bonds is 9. The van der Waals surface area contributed by atoms with Crippen molar-refractivity contribution in [1.29, 1.82) is 0 Å². The summed E-state index contributed by atoms with van der Waals surface area (Å²) in [4.78, 5) is 28.5. The van der Waals surface area contributed by atoms with Crippen LogP contribution in [-0.4, -0.2) is 50.0 Å². The van der Waals surface area contributed by atoms with Crippen molar-refractivity contribution in [3.8, 4) is 0 Å². The molecule has 2 amide bonds. The number of amides is 2. The summed E-state index contributed by atoms with van der Waals surface area (Å²) in [6.07, 6.45) is 6.35. The van der Waals surface area contributed by atoms with E-state index in [4.69, 9.17) is 0 Å². The molecule has 8 heteroatoms. The van der Waals surface area contributed by atoms with Gasteiger partial charge in [0.1, 0.15) is 12.6 Å². The summed E-state index contributed by atoms with van der Waals surface area (Å²) in [6.45, 7) is 7.27. The molecule has 0 radical (unpaired) electrons. The van der Waals surface area contributed by atoms with E-state index < -0.39 is 22.0 Å². The van der Waals surface area contributed by atoms with Gasteiger partial charge in [-0.1, -0.05) is 61.2 Å². The molecule has 1 atom stereocenters. The smallest absolute Gasteiger partial charge is 0.244 e. The largest absolute Gasteiger partial charge is 0.352 e. The van der Waals surface area contributed by atoms with Gasteiger partial charge in [-0.05, 0) is 63.3 Å². The van der Waals surface area contributed by atoms with Crippen molar-refractivity contribution in [1.82, 2.24) is 10.2 Å². The molecule has 2 aromatic rings. The summed E-state index contributed by atoms with van der Waals surface area (Å²) in [5.74, 6) is -0.630. The van der Waals surface area contributed by atoms with Crippen LogP contribution in [0, 0.1) is 20.8 Å². The van der Waals surface area contributed by atoms with Crippen molar-refractivity contribution >= 4 is 27.5 Å². The van der Waals surface area contributed by atoms with Crippen molar-refractivity contribution in [3.05, 3.63) is 64.7 Å². The van der Waals surface area contributed by atoms with Crippen LogP contribution in [0.3, 0.4) is 0 Å². The van der Waals surface area contributed by atoms with Crippen LogP contribution in [0.25, 0.3) is 0 Å². The standard InChI is InChI=1S/C28H39N3O4S/c1-20-11-9-13-24(17-20)18-30(23(4)28(33)29-25-14-7-6-8-15-25)27(32)19-31(36(5,34)35)26-16-10-12-21(2)22(26)3/h9-13,16-17,23,25H,6-8,14-15,18-19H2,1-5H3,(H,29,33)/t23-/m0/s1. The van der Waals surface area contributed by atoms with E-state index in [1.165, 1.54) is 11.3 Å². The normalized spacial score (nSPS) is 15.2. The van der Waals surface area contributed by atoms with Gasteiger partial charge in [-0.15, -0.1) is 0 Å². The molecule has 0 spiro atoms. The molecule has 7 nitrogen and oxygen atoms in total. The Labute approximate surface area is 215 Å². The van der Waals surface area contributed by atoms with E-state index in [0.717, 1.165) is 58.5 Å². The van der Waals surface area contributed by atoms with E-state index in [0.29, 0.717) is 5.69 Å². The maximum atomic E-state index is 13.7. The zero-order chi connectivity index (χ0) is 26.5. The second kappa shape index (κ2) is 11.9. The molecule has 2 aromatic carbocycles. The Morgan fingerprint density at radius 1 is 1.03 bits per heavy atom. The lowest BCUT2D eigenvalue weighted by Gasteiger charge is -2.33. The van der Waals surface area contributed by atoms with Gasteiger partial charge in [-0.2, -0.15) is 0 Å². The van der Waals surface area contributed by atoms with E-state index in [2.05, 4.69) is 5.32 Å². The van der Waals surface area contributed by atoms with E-state index in [1.807, 2.05) is 51.1 Å². The van der Waals surface area contributed by atoms with Crippen LogP contribution >= 0.6 is 0 Å². The number of carbonyl (C=O) groups excluding carboxylic acids is 2. The Hall–Kier alpha value is -2.87. The summed E-state index contributed by atoms with van der Waals surface area (Å²) in [5, 5.41) is 3.12. The first-order chi connectivity index (χ1) is 17.0. The molecule has 3 rings (SSSR count). The number of nitrogens with one attached hydrogen (secondary N) is 1. The minimum atomic E-state index is -3.75. The van der Waals surface area contributed by atoms with Crippen LogP contribution in [0.5, 0.6) is 0 Å². The fraction of sp³-hybridized carbons (Fsp3) is 0.500. The molecule has 196 valence electrons. The summed E-state index contributed by atoms with van der Waals surface area (Å²) in [7, 11) is -3.75. The molecular formula is C28H39N3O4S. The molecular weight excluding hydrogens is 474 g/mol. The number of aryl methyl sites for hydroxylation is 2. The summed E-state index contributed by atoms with van der Waals surface area (Å²) in [6, 6.07) is 12.5. The van der Waals surface area contributed by atoms with Crippen molar-refractivity contribution < 1.29 is 18.0 Å². The van der Waals surface area contributed by atoms with Crippen LogP contribution < -0.4 is 9.62 Å². The van der Waals surface area contributed by atoms with E-state index >= 15 is 0 Å². The van der Waals surface area contributed by atoms with Crippen LogP contribution in [0.2, 0.25) is 0 Å². The topological polar surface area (TPSA) is 86.8 Å². The predicted octanol–water partition coefficient (Wildman–Crippen LogP) is 4.24. The number of nitrogens with zero attached hydrogens (tertiary/aromatic N) is 2. The van der Waals surface area contributed by atoms with Crippen LogP contribution in [0.15, 0.2) is 42.5 Å². The van der Waals surface area contributed by atoms with Gasteiger partial charge in [-0.25, -0.2) is 8.42 Å². The second-order valence-corrected chi connectivity index (χ2v) is 11.9. The van der Waals surface area contributed by atoms with Crippen LogP contribution in [0.4, 0.5) is 5.69 Å². The van der Waals surface area contributed by atoms with Crippen molar-refractivity contribution in [3.63, 3.8) is 0 Å². The second-order valence-electron chi connectivity index (χ2n) is 10.0. The number of hydrogen-bond acceptors (Lipinski definition) is 4. The lowest BCUT2D eigenvalue weighted by atomic mass is 9.95. The molecule has 1 N–H and O–H groups in total. The zero-order valence-corrected chi connectivity index (χ0v) is 22.9. The third-order valence-corrected chi connectivity index (χ3v) is 8.20. The fourth-order valence-corrected chi connectivity index (χ4v) is 5.66. The van der Waals surface area contributed by atoms with E-state index in [1.54, 1.807) is 19.1 Å². The minimum absolute atomic E-state index is 0.118. The number of benzene rings is 2. The fourth-order valence-electron chi connectivity index (χ4n) is 4.76. The van der Waals surface area contributed by atoms with Crippen LogP contribution in [-0.2, 0) is 26.2 Å². The van der Waals surface area contributed by atoms with Crippen LogP contribution in [0.1, 0.15) is 61.3 Å². The van der Waals surface area contributed by atoms with E-state index in [-0.39, 0.29) is 25.0 Å².